The number of carbonyl (C=O) groups excluding carboxylic acids is 1. The summed E-state index contributed by atoms with van der Waals surface area (Å²) in [6, 6.07) is 14.5. The number of esters is 1. The molecule has 10 heteroatoms. The number of aromatic nitrogens is 2. The summed E-state index contributed by atoms with van der Waals surface area (Å²) >= 11 is 3.26. The van der Waals surface area contributed by atoms with E-state index in [0.29, 0.717) is 0 Å². The first-order valence-corrected chi connectivity index (χ1v) is 10.7. The number of ether oxygens (including phenoxy) is 1. The Kier molecular flexibility index (Phi) is 6.18. The number of aromatic hydroxyl groups is 1. The van der Waals surface area contributed by atoms with Crippen LogP contribution in [0.15, 0.2) is 70.1 Å². The van der Waals surface area contributed by atoms with Gasteiger partial charge in [-0.1, -0.05) is 42.5 Å². The lowest BCUT2D eigenvalue weighted by molar-refractivity contribution is -0.137. The van der Waals surface area contributed by atoms with Crippen LogP contribution in [0.25, 0.3) is 22.0 Å². The number of alkyl halides is 3. The molecule has 0 unspecified atom stereocenters. The van der Waals surface area contributed by atoms with E-state index >= 15 is 0 Å². The second-order valence-corrected chi connectivity index (χ2v) is 8.12. The molecule has 0 aliphatic heterocycles. The molecule has 0 amide bonds. The third-order valence-corrected chi connectivity index (χ3v) is 5.79. The van der Waals surface area contributed by atoms with Crippen LogP contribution in [0.2, 0.25) is 0 Å². The van der Waals surface area contributed by atoms with Gasteiger partial charge in [0.1, 0.15) is 4.60 Å². The van der Waals surface area contributed by atoms with E-state index in [1.807, 2.05) is 0 Å². The largest absolute Gasteiger partial charge is 0.505 e. The third-order valence-electron chi connectivity index (χ3n) is 5.24. The number of halogens is 4. The number of hydrogen-bond acceptors (Lipinski definition) is 5. The molecule has 0 saturated carbocycles. The van der Waals surface area contributed by atoms with Crippen LogP contribution in [-0.2, 0) is 17.5 Å². The van der Waals surface area contributed by atoms with Gasteiger partial charge in [0.05, 0.1) is 24.7 Å². The fraction of sp³-hybridized carbons (Fsp3) is 0.125. The molecule has 4 rings (SSSR count). The van der Waals surface area contributed by atoms with Gasteiger partial charge >= 0.3 is 12.1 Å². The molecule has 34 heavy (non-hydrogen) atoms. The van der Waals surface area contributed by atoms with Gasteiger partial charge in [0, 0.05) is 10.9 Å². The highest BCUT2D eigenvalue weighted by atomic mass is 79.9. The van der Waals surface area contributed by atoms with Crippen LogP contribution in [0, 0.1) is 0 Å². The summed E-state index contributed by atoms with van der Waals surface area (Å²) in [5.74, 6) is -1.47. The van der Waals surface area contributed by atoms with Crippen molar-refractivity contribution in [3.8, 4) is 16.9 Å². The molecule has 0 aliphatic carbocycles. The number of hydrogen-bond donors (Lipinski definition) is 1. The van der Waals surface area contributed by atoms with E-state index in [9.17, 15) is 27.9 Å². The first-order chi connectivity index (χ1) is 16.1. The maximum atomic E-state index is 13.5. The molecule has 2 aromatic carbocycles. The molecule has 0 radical (unpaired) electrons. The van der Waals surface area contributed by atoms with Gasteiger partial charge in [0.25, 0.3) is 5.56 Å². The lowest BCUT2D eigenvalue weighted by atomic mass is 10.0. The van der Waals surface area contributed by atoms with Crippen LogP contribution in [0.4, 0.5) is 13.2 Å². The van der Waals surface area contributed by atoms with Gasteiger partial charge in [-0.05, 0) is 45.3 Å². The van der Waals surface area contributed by atoms with Crippen molar-refractivity contribution >= 4 is 32.8 Å². The predicted octanol–water partition coefficient (Wildman–Crippen LogP) is 5.39. The summed E-state index contributed by atoms with van der Waals surface area (Å²) in [6.07, 6.45) is -4.61. The van der Waals surface area contributed by atoms with E-state index in [-0.39, 0.29) is 33.2 Å². The van der Waals surface area contributed by atoms with Crippen molar-refractivity contribution in [1.29, 1.82) is 0 Å². The summed E-state index contributed by atoms with van der Waals surface area (Å²) in [6.45, 7) is 0.0419. The van der Waals surface area contributed by atoms with Crippen LogP contribution in [0.3, 0.4) is 0 Å². The predicted molar refractivity (Wildman–Crippen MR) is 123 cm³/mol. The minimum atomic E-state index is -4.61. The van der Waals surface area contributed by atoms with E-state index in [0.717, 1.165) is 24.8 Å². The van der Waals surface area contributed by atoms with E-state index in [4.69, 9.17) is 0 Å². The molecule has 1 N–H and O–H groups in total. The molecule has 0 aliphatic rings. The van der Waals surface area contributed by atoms with Gasteiger partial charge in [-0.3, -0.25) is 4.79 Å². The van der Waals surface area contributed by atoms with E-state index in [1.54, 1.807) is 30.3 Å². The first-order valence-electron chi connectivity index (χ1n) is 9.87. The van der Waals surface area contributed by atoms with Crippen molar-refractivity contribution in [2.24, 2.45) is 0 Å². The zero-order chi connectivity index (χ0) is 24.6. The number of nitrogens with zero attached hydrogens (tertiary/aromatic N) is 2. The molecule has 0 saturated heterocycles. The highest BCUT2D eigenvalue weighted by Gasteiger charge is 2.31. The molecule has 0 atom stereocenters. The summed E-state index contributed by atoms with van der Waals surface area (Å²) in [4.78, 5) is 29.7. The summed E-state index contributed by atoms with van der Waals surface area (Å²) in [7, 11) is 1.12. The second kappa shape index (κ2) is 8.94. The van der Waals surface area contributed by atoms with Gasteiger partial charge in [-0.2, -0.15) is 13.2 Å². The Morgan fingerprint density at radius 1 is 1.12 bits per heavy atom. The molecule has 174 valence electrons. The van der Waals surface area contributed by atoms with Crippen molar-refractivity contribution < 1.29 is 27.8 Å². The maximum Gasteiger partial charge on any atom is 0.416 e. The van der Waals surface area contributed by atoms with E-state index in [2.05, 4.69) is 25.7 Å². The number of carbonyl (C=O) groups is 1. The normalized spacial score (nSPS) is 11.6. The van der Waals surface area contributed by atoms with Crippen molar-refractivity contribution in [3.05, 3.63) is 92.4 Å². The zero-order valence-corrected chi connectivity index (χ0v) is 19.1. The Hall–Kier alpha value is -3.66. The molecular formula is C24H16BrF3N2O4. The summed E-state index contributed by atoms with van der Waals surface area (Å²) < 4.78 is 46.0. The second-order valence-electron chi connectivity index (χ2n) is 7.37. The Morgan fingerprint density at radius 2 is 1.82 bits per heavy atom. The van der Waals surface area contributed by atoms with Crippen molar-refractivity contribution in [2.75, 3.05) is 7.11 Å². The molecule has 6 nitrogen and oxygen atoms in total. The van der Waals surface area contributed by atoms with Gasteiger partial charge in [-0.15, -0.1) is 0 Å². The topological polar surface area (TPSA) is 81.4 Å². The van der Waals surface area contributed by atoms with Crippen molar-refractivity contribution in [1.82, 2.24) is 9.55 Å². The van der Waals surface area contributed by atoms with Crippen LogP contribution in [-0.4, -0.2) is 27.7 Å². The van der Waals surface area contributed by atoms with Crippen LogP contribution in [0.5, 0.6) is 5.75 Å². The monoisotopic (exact) mass is 532 g/mol. The van der Waals surface area contributed by atoms with Gasteiger partial charge in [0.15, 0.2) is 11.4 Å². The lowest BCUT2D eigenvalue weighted by Crippen LogP contribution is -2.24. The maximum absolute atomic E-state index is 13.5. The smallest absolute Gasteiger partial charge is 0.416 e. The Bertz CT molecular complexity index is 1470. The van der Waals surface area contributed by atoms with Crippen LogP contribution in [0.1, 0.15) is 21.6 Å². The highest BCUT2D eigenvalue weighted by molar-refractivity contribution is 9.10. The number of methoxy groups -OCH3 is 1. The highest BCUT2D eigenvalue weighted by Crippen LogP contribution is 2.36. The van der Waals surface area contributed by atoms with Crippen LogP contribution < -0.4 is 5.56 Å². The lowest BCUT2D eigenvalue weighted by Gasteiger charge is -2.17. The van der Waals surface area contributed by atoms with Crippen molar-refractivity contribution in [3.63, 3.8) is 0 Å². The Morgan fingerprint density at radius 3 is 2.47 bits per heavy atom. The van der Waals surface area contributed by atoms with Gasteiger partial charge < -0.3 is 14.4 Å². The first kappa shape index (κ1) is 23.5. The third kappa shape index (κ3) is 4.28. The fourth-order valence-corrected chi connectivity index (χ4v) is 4.23. The average molecular weight is 533 g/mol. The number of pyridine rings is 2. The van der Waals surface area contributed by atoms with Gasteiger partial charge in [0.2, 0.25) is 0 Å². The Balaban J connectivity index is 2.08. The quantitative estimate of drug-likeness (QED) is 0.281. The van der Waals surface area contributed by atoms with Gasteiger partial charge in [-0.25, -0.2) is 9.78 Å². The summed E-state index contributed by atoms with van der Waals surface area (Å²) in [5.41, 5.74) is -1.08. The zero-order valence-electron chi connectivity index (χ0n) is 17.6. The summed E-state index contributed by atoms with van der Waals surface area (Å²) in [5, 5.41) is 10.9. The van der Waals surface area contributed by atoms with E-state index in [1.165, 1.54) is 22.8 Å². The molecule has 2 heterocycles. The molecule has 0 fully saturated rings. The minimum absolute atomic E-state index is 0.00971. The number of fused-ring (bicyclic) bond motifs is 1. The average Bonchev–Trinajstić information content (AvgIpc) is 2.82. The van der Waals surface area contributed by atoms with E-state index < -0.39 is 34.7 Å². The SMILES string of the molecule is COC(=O)c1nc(Br)c2c(cc(-c3cccc(C(F)(F)F)c3)c(=O)n2Cc2ccccc2)c1O. The molecule has 0 spiro atoms. The fourth-order valence-electron chi connectivity index (χ4n) is 3.63. The molecule has 2 aromatic heterocycles. The number of benzene rings is 2. The van der Waals surface area contributed by atoms with Crippen molar-refractivity contribution in [2.45, 2.75) is 12.7 Å². The molecular weight excluding hydrogens is 517 g/mol. The number of rotatable bonds is 4. The standard InChI is InChI=1S/C24H16BrF3N2O4/c1-34-23(33)18-20(31)17-11-16(14-8-5-9-15(10-14)24(26,27)28)22(32)30(19(17)21(25)29-18)12-13-6-3-2-4-7-13/h2-11,31H,12H2,1H3. The molecule has 4 aromatic rings. The minimum Gasteiger partial charge on any atom is -0.505 e. The molecule has 0 bridgehead atoms. The van der Waals surface area contributed by atoms with Crippen LogP contribution >= 0.6 is 15.9 Å². The Labute approximate surface area is 199 Å².